The molecular formula is C17H18O4. The highest BCUT2D eigenvalue weighted by Gasteiger charge is 2.29. The van der Waals surface area contributed by atoms with Crippen LogP contribution in [-0.2, 0) is 10.3 Å². The van der Waals surface area contributed by atoms with E-state index in [0.717, 1.165) is 0 Å². The molecule has 2 aromatic rings. The molecule has 0 spiro atoms. The second kappa shape index (κ2) is 6.41. The van der Waals surface area contributed by atoms with Crippen LogP contribution in [0.25, 0.3) is 0 Å². The molecule has 4 heteroatoms. The van der Waals surface area contributed by atoms with E-state index in [9.17, 15) is 15.0 Å². The molecule has 0 aliphatic carbocycles. The fourth-order valence-electron chi connectivity index (χ4n) is 2.03. The zero-order valence-corrected chi connectivity index (χ0v) is 11.8. The summed E-state index contributed by atoms with van der Waals surface area (Å²) in [7, 11) is 0. The molecule has 4 nitrogen and oxygen atoms in total. The number of phenolic OH excluding ortho intramolecular Hbond substituents is 1. The van der Waals surface area contributed by atoms with Crippen molar-refractivity contribution in [3.63, 3.8) is 0 Å². The number of ether oxygens (including phenoxy) is 1. The number of carbonyl (C=O) groups excluding carboxylic acids is 1. The molecule has 0 radical (unpaired) electrons. The Hall–Kier alpha value is -2.33. The molecule has 0 heterocycles. The maximum Gasteiger partial charge on any atom is 0.338 e. The minimum absolute atomic E-state index is 0.0637. The molecule has 0 aliphatic rings. The number of phenols is 1. The van der Waals surface area contributed by atoms with E-state index in [1.165, 1.54) is 12.1 Å². The Morgan fingerprint density at radius 2 is 1.86 bits per heavy atom. The summed E-state index contributed by atoms with van der Waals surface area (Å²) in [6, 6.07) is 14.9. The van der Waals surface area contributed by atoms with Gasteiger partial charge in [-0.3, -0.25) is 0 Å². The van der Waals surface area contributed by atoms with Gasteiger partial charge in [0.2, 0.25) is 0 Å². The predicted molar refractivity (Wildman–Crippen MR) is 79.0 cm³/mol. The van der Waals surface area contributed by atoms with Crippen molar-refractivity contribution in [2.24, 2.45) is 0 Å². The van der Waals surface area contributed by atoms with Crippen molar-refractivity contribution in [3.05, 3.63) is 65.7 Å². The summed E-state index contributed by atoms with van der Waals surface area (Å²) in [6.07, 6.45) is 0.360. The zero-order chi connectivity index (χ0) is 15.3. The van der Waals surface area contributed by atoms with Gasteiger partial charge in [0, 0.05) is 0 Å². The van der Waals surface area contributed by atoms with Gasteiger partial charge in [0.1, 0.15) is 18.0 Å². The highest BCUT2D eigenvalue weighted by atomic mass is 16.5. The van der Waals surface area contributed by atoms with Crippen molar-refractivity contribution in [1.29, 1.82) is 0 Å². The lowest BCUT2D eigenvalue weighted by Crippen LogP contribution is -2.32. The Morgan fingerprint density at radius 3 is 2.48 bits per heavy atom. The quantitative estimate of drug-likeness (QED) is 0.829. The van der Waals surface area contributed by atoms with Gasteiger partial charge < -0.3 is 14.9 Å². The first kappa shape index (κ1) is 15.1. The van der Waals surface area contributed by atoms with Crippen molar-refractivity contribution in [2.45, 2.75) is 18.9 Å². The smallest absolute Gasteiger partial charge is 0.338 e. The second-order valence-electron chi connectivity index (χ2n) is 4.88. The summed E-state index contributed by atoms with van der Waals surface area (Å²) < 4.78 is 5.21. The zero-order valence-electron chi connectivity index (χ0n) is 11.8. The van der Waals surface area contributed by atoms with Crippen molar-refractivity contribution in [1.82, 2.24) is 0 Å². The monoisotopic (exact) mass is 286 g/mol. The summed E-state index contributed by atoms with van der Waals surface area (Å²) in [5.74, 6) is -0.420. The Kier molecular flexibility index (Phi) is 4.60. The molecule has 0 saturated heterocycles. The first-order chi connectivity index (χ1) is 10.0. The molecule has 0 amide bonds. The Balaban J connectivity index is 2.10. The highest BCUT2D eigenvalue weighted by molar-refractivity contribution is 5.89. The Morgan fingerprint density at radius 1 is 1.14 bits per heavy atom. The van der Waals surface area contributed by atoms with E-state index in [0.29, 0.717) is 17.5 Å². The van der Waals surface area contributed by atoms with Gasteiger partial charge in [-0.25, -0.2) is 4.79 Å². The molecule has 0 aliphatic heterocycles. The van der Waals surface area contributed by atoms with E-state index in [-0.39, 0.29) is 12.4 Å². The third kappa shape index (κ3) is 3.61. The standard InChI is InChI=1S/C17H18O4/c1-2-17(20,14-9-6-10-15(18)11-14)12-21-16(19)13-7-4-3-5-8-13/h3-11,18,20H,2,12H2,1H3/t17-/m0/s1. The van der Waals surface area contributed by atoms with Crippen LogP contribution in [0.5, 0.6) is 5.75 Å². The van der Waals surface area contributed by atoms with Gasteiger partial charge >= 0.3 is 5.97 Å². The SMILES string of the molecule is CC[C@](O)(COC(=O)c1ccccc1)c1cccc(O)c1. The summed E-state index contributed by atoms with van der Waals surface area (Å²) in [4.78, 5) is 11.9. The van der Waals surface area contributed by atoms with Crippen molar-refractivity contribution in [2.75, 3.05) is 6.61 Å². The third-order valence-corrected chi connectivity index (χ3v) is 3.42. The minimum Gasteiger partial charge on any atom is -0.508 e. The molecule has 0 bridgehead atoms. The average Bonchev–Trinajstić information content (AvgIpc) is 2.53. The van der Waals surface area contributed by atoms with E-state index < -0.39 is 11.6 Å². The van der Waals surface area contributed by atoms with E-state index in [2.05, 4.69) is 0 Å². The van der Waals surface area contributed by atoms with Gasteiger partial charge in [-0.1, -0.05) is 37.3 Å². The maximum atomic E-state index is 11.9. The van der Waals surface area contributed by atoms with Crippen LogP contribution in [0.2, 0.25) is 0 Å². The van der Waals surface area contributed by atoms with Crippen LogP contribution in [0.15, 0.2) is 54.6 Å². The van der Waals surface area contributed by atoms with Crippen molar-refractivity contribution >= 4 is 5.97 Å². The van der Waals surface area contributed by atoms with Crippen molar-refractivity contribution < 1.29 is 19.7 Å². The first-order valence-corrected chi connectivity index (χ1v) is 6.79. The summed E-state index contributed by atoms with van der Waals surface area (Å²) in [6.45, 7) is 1.63. The van der Waals surface area contributed by atoms with Crippen LogP contribution in [0.4, 0.5) is 0 Å². The van der Waals surface area contributed by atoms with E-state index >= 15 is 0 Å². The molecule has 2 rings (SSSR count). The second-order valence-corrected chi connectivity index (χ2v) is 4.88. The topological polar surface area (TPSA) is 66.8 Å². The predicted octanol–water partition coefficient (Wildman–Crippen LogP) is 2.85. The molecular weight excluding hydrogens is 268 g/mol. The summed E-state index contributed by atoms with van der Waals surface area (Å²) >= 11 is 0. The molecule has 110 valence electrons. The van der Waals surface area contributed by atoms with Crippen molar-refractivity contribution in [3.8, 4) is 5.75 Å². The minimum atomic E-state index is -1.32. The first-order valence-electron chi connectivity index (χ1n) is 6.79. The van der Waals surface area contributed by atoms with Crippen LogP contribution in [0, 0.1) is 0 Å². The average molecular weight is 286 g/mol. The van der Waals surface area contributed by atoms with Gasteiger partial charge in [0.25, 0.3) is 0 Å². The maximum absolute atomic E-state index is 11.9. The molecule has 1 atom stereocenters. The van der Waals surface area contributed by atoms with Crippen LogP contribution in [-0.4, -0.2) is 22.8 Å². The molecule has 0 fully saturated rings. The van der Waals surface area contributed by atoms with Gasteiger partial charge in [0.05, 0.1) is 5.56 Å². The highest BCUT2D eigenvalue weighted by Crippen LogP contribution is 2.28. The van der Waals surface area contributed by atoms with E-state index in [1.54, 1.807) is 43.3 Å². The fraction of sp³-hybridized carbons (Fsp3) is 0.235. The Labute approximate surface area is 123 Å². The number of aliphatic hydroxyl groups is 1. The summed E-state index contributed by atoms with van der Waals surface area (Å²) in [5, 5.41) is 20.1. The number of hydrogen-bond donors (Lipinski definition) is 2. The molecule has 0 aromatic heterocycles. The van der Waals surface area contributed by atoms with E-state index in [1.807, 2.05) is 6.07 Å². The van der Waals surface area contributed by atoms with Crippen LogP contribution in [0.3, 0.4) is 0 Å². The van der Waals surface area contributed by atoms with Gasteiger partial charge in [-0.05, 0) is 36.2 Å². The number of esters is 1. The van der Waals surface area contributed by atoms with Crippen LogP contribution in [0.1, 0.15) is 29.3 Å². The van der Waals surface area contributed by atoms with Crippen LogP contribution < -0.4 is 0 Å². The van der Waals surface area contributed by atoms with Gasteiger partial charge in [-0.15, -0.1) is 0 Å². The lowest BCUT2D eigenvalue weighted by molar-refractivity contribution is -0.0386. The molecule has 0 unspecified atom stereocenters. The number of benzene rings is 2. The van der Waals surface area contributed by atoms with Gasteiger partial charge in [0.15, 0.2) is 0 Å². The van der Waals surface area contributed by atoms with Gasteiger partial charge in [-0.2, -0.15) is 0 Å². The van der Waals surface area contributed by atoms with Crippen LogP contribution >= 0.6 is 0 Å². The molecule has 2 aromatic carbocycles. The largest absolute Gasteiger partial charge is 0.508 e. The normalized spacial score (nSPS) is 13.4. The lowest BCUT2D eigenvalue weighted by atomic mass is 9.92. The Bertz CT molecular complexity index is 609. The number of rotatable bonds is 5. The molecule has 2 N–H and O–H groups in total. The number of hydrogen-bond acceptors (Lipinski definition) is 4. The van der Waals surface area contributed by atoms with E-state index in [4.69, 9.17) is 4.74 Å². The third-order valence-electron chi connectivity index (χ3n) is 3.42. The number of aromatic hydroxyl groups is 1. The lowest BCUT2D eigenvalue weighted by Gasteiger charge is -2.27. The number of carbonyl (C=O) groups is 1. The molecule has 21 heavy (non-hydrogen) atoms. The summed E-state index contributed by atoms with van der Waals surface area (Å²) in [5.41, 5.74) is -0.360. The molecule has 0 saturated carbocycles. The fourth-order valence-corrected chi connectivity index (χ4v) is 2.03.